The minimum Gasteiger partial charge on any atom is -0.354 e. The Balaban J connectivity index is 2.29. The highest BCUT2D eigenvalue weighted by atomic mass is 16.2. The van der Waals surface area contributed by atoms with Crippen LogP contribution in [0.4, 0.5) is 0 Å². The number of carbonyl (C=O) groups excluding carboxylic acids is 2. The lowest BCUT2D eigenvalue weighted by Gasteiger charge is -2.31. The molecule has 2 rings (SSSR count). The first-order valence-corrected chi connectivity index (χ1v) is 10.5. The van der Waals surface area contributed by atoms with Crippen molar-refractivity contribution in [3.63, 3.8) is 0 Å². The van der Waals surface area contributed by atoms with Gasteiger partial charge in [0, 0.05) is 13.1 Å². The van der Waals surface area contributed by atoms with Gasteiger partial charge in [-0.2, -0.15) is 0 Å². The van der Waals surface area contributed by atoms with Crippen LogP contribution in [0.25, 0.3) is 0 Å². The monoisotopic (exact) mass is 394 g/mol. The van der Waals surface area contributed by atoms with Crippen molar-refractivity contribution in [2.45, 2.75) is 60.0 Å². The van der Waals surface area contributed by atoms with Crippen molar-refractivity contribution >= 4 is 11.8 Å². The fraction of sp³-hybridized carbons (Fsp3) is 0.440. The highest BCUT2D eigenvalue weighted by molar-refractivity contribution is 5.88. The maximum Gasteiger partial charge on any atom is 0.242 e. The lowest BCUT2D eigenvalue weighted by Crippen LogP contribution is -2.50. The Bertz CT molecular complexity index is 829. The van der Waals surface area contributed by atoms with Crippen LogP contribution in [0, 0.1) is 19.8 Å². The predicted octanol–water partition coefficient (Wildman–Crippen LogP) is 4.43. The second-order valence-electron chi connectivity index (χ2n) is 8.18. The van der Waals surface area contributed by atoms with E-state index in [1.54, 1.807) is 4.90 Å². The molecule has 0 aliphatic rings. The van der Waals surface area contributed by atoms with Crippen molar-refractivity contribution in [1.82, 2.24) is 10.2 Å². The van der Waals surface area contributed by atoms with E-state index >= 15 is 0 Å². The minimum atomic E-state index is -0.481. The summed E-state index contributed by atoms with van der Waals surface area (Å²) in [6.07, 6.45) is 0.872. The molecule has 2 aromatic rings. The summed E-state index contributed by atoms with van der Waals surface area (Å²) in [5.74, 6) is 0.266. The van der Waals surface area contributed by atoms with E-state index in [0.29, 0.717) is 31.8 Å². The van der Waals surface area contributed by atoms with Crippen LogP contribution in [-0.4, -0.2) is 29.3 Å². The standard InChI is InChI=1S/C25H34N2O2/c1-6-23(25(29)26-16-18(2)3)27(17-22-13-8-7-11-20(22)5)24(28)15-21-12-9-10-19(4)14-21/h7-14,18,23H,6,15-17H2,1-5H3,(H,26,29). The highest BCUT2D eigenvalue weighted by Gasteiger charge is 2.28. The van der Waals surface area contributed by atoms with Crippen molar-refractivity contribution in [1.29, 1.82) is 0 Å². The van der Waals surface area contributed by atoms with Crippen LogP contribution in [0.3, 0.4) is 0 Å². The maximum atomic E-state index is 13.3. The zero-order chi connectivity index (χ0) is 21.4. The topological polar surface area (TPSA) is 49.4 Å². The van der Waals surface area contributed by atoms with Crippen LogP contribution in [0.15, 0.2) is 48.5 Å². The number of benzene rings is 2. The Morgan fingerprint density at radius 3 is 2.38 bits per heavy atom. The molecule has 4 heteroatoms. The van der Waals surface area contributed by atoms with Gasteiger partial charge in [-0.05, 0) is 42.9 Å². The second kappa shape index (κ2) is 10.8. The minimum absolute atomic E-state index is 0.0228. The van der Waals surface area contributed by atoms with Gasteiger partial charge in [0.05, 0.1) is 6.42 Å². The first-order valence-electron chi connectivity index (χ1n) is 10.5. The van der Waals surface area contributed by atoms with Crippen molar-refractivity contribution in [3.8, 4) is 0 Å². The maximum absolute atomic E-state index is 13.3. The van der Waals surface area contributed by atoms with E-state index in [9.17, 15) is 9.59 Å². The van der Waals surface area contributed by atoms with Gasteiger partial charge in [0.2, 0.25) is 11.8 Å². The number of nitrogens with zero attached hydrogens (tertiary/aromatic N) is 1. The molecule has 0 spiro atoms. The highest BCUT2D eigenvalue weighted by Crippen LogP contribution is 2.17. The summed E-state index contributed by atoms with van der Waals surface area (Å²) in [5, 5.41) is 3.01. The summed E-state index contributed by atoms with van der Waals surface area (Å²) in [6, 6.07) is 15.5. The van der Waals surface area contributed by atoms with Crippen molar-refractivity contribution in [2.75, 3.05) is 6.54 Å². The number of hydrogen-bond acceptors (Lipinski definition) is 2. The number of carbonyl (C=O) groups is 2. The molecule has 2 amide bonds. The van der Waals surface area contributed by atoms with Crippen LogP contribution in [0.5, 0.6) is 0 Å². The van der Waals surface area contributed by atoms with E-state index in [0.717, 1.165) is 22.3 Å². The van der Waals surface area contributed by atoms with E-state index in [-0.39, 0.29) is 11.8 Å². The summed E-state index contributed by atoms with van der Waals surface area (Å²) in [6.45, 7) is 11.2. The summed E-state index contributed by atoms with van der Waals surface area (Å²) < 4.78 is 0. The fourth-order valence-corrected chi connectivity index (χ4v) is 3.41. The summed E-state index contributed by atoms with van der Waals surface area (Å²) >= 11 is 0. The van der Waals surface area contributed by atoms with Crippen LogP contribution >= 0.6 is 0 Å². The average molecular weight is 395 g/mol. The smallest absolute Gasteiger partial charge is 0.242 e. The molecule has 0 bridgehead atoms. The van der Waals surface area contributed by atoms with Gasteiger partial charge in [0.15, 0.2) is 0 Å². The Labute approximate surface area is 175 Å². The molecule has 0 radical (unpaired) electrons. The summed E-state index contributed by atoms with van der Waals surface area (Å²) in [5.41, 5.74) is 4.29. The molecule has 4 nitrogen and oxygen atoms in total. The third-order valence-electron chi connectivity index (χ3n) is 5.11. The lowest BCUT2D eigenvalue weighted by molar-refractivity contribution is -0.141. The Kier molecular flexibility index (Phi) is 8.44. The van der Waals surface area contributed by atoms with Gasteiger partial charge >= 0.3 is 0 Å². The Morgan fingerprint density at radius 1 is 1.03 bits per heavy atom. The molecular weight excluding hydrogens is 360 g/mol. The summed E-state index contributed by atoms with van der Waals surface area (Å²) in [4.78, 5) is 28.0. The zero-order valence-corrected chi connectivity index (χ0v) is 18.4. The molecule has 0 saturated heterocycles. The molecule has 156 valence electrons. The van der Waals surface area contributed by atoms with Gasteiger partial charge in [-0.25, -0.2) is 0 Å². The van der Waals surface area contributed by atoms with Gasteiger partial charge in [-0.1, -0.05) is 74.9 Å². The fourth-order valence-electron chi connectivity index (χ4n) is 3.41. The molecule has 0 saturated carbocycles. The average Bonchev–Trinajstić information content (AvgIpc) is 2.67. The molecule has 1 unspecified atom stereocenters. The summed E-state index contributed by atoms with van der Waals surface area (Å²) in [7, 11) is 0. The number of nitrogens with one attached hydrogen (secondary N) is 1. The Morgan fingerprint density at radius 2 is 1.76 bits per heavy atom. The van der Waals surface area contributed by atoms with E-state index in [4.69, 9.17) is 0 Å². The van der Waals surface area contributed by atoms with Crippen LogP contribution in [0.1, 0.15) is 49.4 Å². The molecular formula is C25H34N2O2. The largest absolute Gasteiger partial charge is 0.354 e. The van der Waals surface area contributed by atoms with E-state index in [1.165, 1.54) is 0 Å². The van der Waals surface area contributed by atoms with Gasteiger partial charge in [-0.15, -0.1) is 0 Å². The third-order valence-corrected chi connectivity index (χ3v) is 5.11. The normalized spacial score (nSPS) is 11.9. The molecule has 2 aromatic carbocycles. The molecule has 0 aromatic heterocycles. The van der Waals surface area contributed by atoms with Crippen LogP contribution in [-0.2, 0) is 22.6 Å². The van der Waals surface area contributed by atoms with Gasteiger partial charge in [0.25, 0.3) is 0 Å². The number of amides is 2. The molecule has 29 heavy (non-hydrogen) atoms. The third kappa shape index (κ3) is 6.74. The second-order valence-corrected chi connectivity index (χ2v) is 8.18. The number of rotatable bonds is 9. The molecule has 1 atom stereocenters. The molecule has 0 fully saturated rings. The molecule has 1 N–H and O–H groups in total. The predicted molar refractivity (Wildman–Crippen MR) is 119 cm³/mol. The van der Waals surface area contributed by atoms with E-state index in [1.807, 2.05) is 69.3 Å². The van der Waals surface area contributed by atoms with Crippen LogP contribution in [0.2, 0.25) is 0 Å². The lowest BCUT2D eigenvalue weighted by atomic mass is 10.0. The van der Waals surface area contributed by atoms with Crippen molar-refractivity contribution < 1.29 is 9.59 Å². The molecule has 0 aliphatic carbocycles. The SMILES string of the molecule is CCC(C(=O)NCC(C)C)N(Cc1ccccc1C)C(=O)Cc1cccc(C)c1. The molecule has 0 heterocycles. The van der Waals surface area contributed by atoms with E-state index in [2.05, 4.69) is 19.2 Å². The molecule has 0 aliphatic heterocycles. The first-order chi connectivity index (χ1) is 13.8. The Hall–Kier alpha value is -2.62. The zero-order valence-electron chi connectivity index (χ0n) is 18.4. The van der Waals surface area contributed by atoms with Crippen molar-refractivity contribution in [3.05, 3.63) is 70.8 Å². The number of hydrogen-bond donors (Lipinski definition) is 1. The quantitative estimate of drug-likeness (QED) is 0.684. The first kappa shape index (κ1) is 22.7. The van der Waals surface area contributed by atoms with E-state index < -0.39 is 6.04 Å². The van der Waals surface area contributed by atoms with Crippen molar-refractivity contribution in [2.24, 2.45) is 5.92 Å². The van der Waals surface area contributed by atoms with Gasteiger partial charge in [0.1, 0.15) is 6.04 Å². The van der Waals surface area contributed by atoms with Gasteiger partial charge < -0.3 is 10.2 Å². The van der Waals surface area contributed by atoms with Crippen LogP contribution < -0.4 is 5.32 Å². The number of aryl methyl sites for hydroxylation is 2. The van der Waals surface area contributed by atoms with Gasteiger partial charge in [-0.3, -0.25) is 9.59 Å².